The summed E-state index contributed by atoms with van der Waals surface area (Å²) in [4.78, 5) is 12.0. The van der Waals surface area contributed by atoms with Gasteiger partial charge in [0.2, 0.25) is 5.88 Å². The van der Waals surface area contributed by atoms with Gasteiger partial charge in [-0.3, -0.25) is 0 Å². The third-order valence-corrected chi connectivity index (χ3v) is 2.94. The number of fused-ring (bicyclic) bond motifs is 1. The van der Waals surface area contributed by atoms with Crippen LogP contribution in [-0.2, 0) is 6.42 Å². The molecule has 2 aromatic heterocycles. The molecule has 3 rings (SSSR count). The monoisotopic (exact) mass is 269 g/mol. The minimum absolute atomic E-state index is 0.260. The SMILES string of the molecule is CCOc1ccc2[nH]c(Cc3cccc(O)c3)nc2n1. The van der Waals surface area contributed by atoms with Crippen molar-refractivity contribution in [1.29, 1.82) is 0 Å². The lowest BCUT2D eigenvalue weighted by Gasteiger charge is -1.99. The number of benzene rings is 1. The topological polar surface area (TPSA) is 71.0 Å². The van der Waals surface area contributed by atoms with E-state index in [-0.39, 0.29) is 5.75 Å². The first-order chi connectivity index (χ1) is 9.74. The van der Waals surface area contributed by atoms with Gasteiger partial charge in [0.05, 0.1) is 12.1 Å². The Morgan fingerprint density at radius 3 is 2.90 bits per heavy atom. The van der Waals surface area contributed by atoms with Crippen molar-refractivity contribution in [3.63, 3.8) is 0 Å². The van der Waals surface area contributed by atoms with Gasteiger partial charge in [-0.1, -0.05) is 12.1 Å². The molecule has 0 radical (unpaired) electrons. The number of phenolic OH excluding ortho intramolecular Hbond substituents is 1. The minimum atomic E-state index is 0.260. The van der Waals surface area contributed by atoms with Crippen molar-refractivity contribution in [3.8, 4) is 11.6 Å². The molecule has 2 heterocycles. The van der Waals surface area contributed by atoms with Crippen molar-refractivity contribution in [1.82, 2.24) is 15.0 Å². The molecule has 0 aliphatic carbocycles. The normalized spacial score (nSPS) is 10.8. The maximum atomic E-state index is 9.47. The molecule has 0 aliphatic heterocycles. The number of nitrogens with zero attached hydrogens (tertiary/aromatic N) is 2. The molecule has 0 bridgehead atoms. The van der Waals surface area contributed by atoms with Gasteiger partial charge in [0.1, 0.15) is 11.6 Å². The second-order valence-electron chi connectivity index (χ2n) is 4.48. The van der Waals surface area contributed by atoms with Crippen LogP contribution >= 0.6 is 0 Å². The van der Waals surface area contributed by atoms with E-state index in [1.807, 2.05) is 31.2 Å². The molecule has 5 nitrogen and oxygen atoms in total. The molecular formula is C15H15N3O2. The Kier molecular flexibility index (Phi) is 3.25. The van der Waals surface area contributed by atoms with Crippen LogP contribution in [-0.4, -0.2) is 26.7 Å². The molecule has 0 aliphatic rings. The van der Waals surface area contributed by atoms with Crippen molar-refractivity contribution < 1.29 is 9.84 Å². The van der Waals surface area contributed by atoms with E-state index in [1.165, 1.54) is 0 Å². The average molecular weight is 269 g/mol. The van der Waals surface area contributed by atoms with Gasteiger partial charge in [-0.05, 0) is 30.7 Å². The van der Waals surface area contributed by atoms with Crippen LogP contribution in [0.3, 0.4) is 0 Å². The molecule has 3 aromatic rings. The molecule has 102 valence electrons. The summed E-state index contributed by atoms with van der Waals surface area (Å²) in [6, 6.07) is 10.9. The smallest absolute Gasteiger partial charge is 0.215 e. The van der Waals surface area contributed by atoms with E-state index in [9.17, 15) is 5.11 Å². The predicted octanol–water partition coefficient (Wildman–Crippen LogP) is 2.65. The summed E-state index contributed by atoms with van der Waals surface area (Å²) in [6.07, 6.45) is 0.620. The quantitative estimate of drug-likeness (QED) is 0.764. The fourth-order valence-corrected chi connectivity index (χ4v) is 2.10. The van der Waals surface area contributed by atoms with Gasteiger partial charge in [-0.15, -0.1) is 0 Å². The molecule has 2 N–H and O–H groups in total. The maximum Gasteiger partial charge on any atom is 0.215 e. The predicted molar refractivity (Wildman–Crippen MR) is 76.0 cm³/mol. The van der Waals surface area contributed by atoms with Crippen LogP contribution in [0.5, 0.6) is 11.6 Å². The number of ether oxygens (including phenoxy) is 1. The van der Waals surface area contributed by atoms with Gasteiger partial charge >= 0.3 is 0 Å². The van der Waals surface area contributed by atoms with Crippen molar-refractivity contribution in [3.05, 3.63) is 47.8 Å². The number of nitrogens with one attached hydrogen (secondary N) is 1. The fraction of sp³-hybridized carbons (Fsp3) is 0.200. The molecule has 0 spiro atoms. The number of aromatic nitrogens is 3. The number of H-pyrrole nitrogens is 1. The van der Waals surface area contributed by atoms with E-state index in [1.54, 1.807) is 12.1 Å². The fourth-order valence-electron chi connectivity index (χ4n) is 2.10. The number of hydrogen-bond acceptors (Lipinski definition) is 4. The molecular weight excluding hydrogens is 254 g/mol. The number of aromatic hydroxyl groups is 1. The lowest BCUT2D eigenvalue weighted by molar-refractivity contribution is 0.328. The Hall–Kier alpha value is -2.56. The highest BCUT2D eigenvalue weighted by Gasteiger charge is 2.07. The standard InChI is InChI=1S/C15H15N3O2/c1-2-20-14-7-6-12-15(18-14)17-13(16-12)9-10-4-3-5-11(19)8-10/h3-8,19H,2,9H2,1H3,(H,16,17,18). The summed E-state index contributed by atoms with van der Waals surface area (Å²) in [7, 11) is 0. The first-order valence-electron chi connectivity index (χ1n) is 6.51. The summed E-state index contributed by atoms with van der Waals surface area (Å²) in [6.45, 7) is 2.50. The van der Waals surface area contributed by atoms with Gasteiger partial charge in [0, 0.05) is 12.5 Å². The minimum Gasteiger partial charge on any atom is -0.508 e. The lowest BCUT2D eigenvalue weighted by Crippen LogP contribution is -1.93. The molecule has 0 saturated carbocycles. The van der Waals surface area contributed by atoms with E-state index in [4.69, 9.17) is 4.74 Å². The van der Waals surface area contributed by atoms with Crippen LogP contribution in [0.2, 0.25) is 0 Å². The van der Waals surface area contributed by atoms with Crippen LogP contribution in [0.4, 0.5) is 0 Å². The van der Waals surface area contributed by atoms with Crippen LogP contribution in [0.25, 0.3) is 11.2 Å². The average Bonchev–Trinajstić information content (AvgIpc) is 2.80. The highest BCUT2D eigenvalue weighted by atomic mass is 16.5. The Morgan fingerprint density at radius 2 is 2.10 bits per heavy atom. The second kappa shape index (κ2) is 5.21. The number of phenols is 1. The van der Waals surface area contributed by atoms with Crippen LogP contribution < -0.4 is 4.74 Å². The summed E-state index contributed by atoms with van der Waals surface area (Å²) in [5.74, 6) is 1.65. The Morgan fingerprint density at radius 1 is 1.20 bits per heavy atom. The van der Waals surface area contributed by atoms with Crippen molar-refractivity contribution >= 4 is 11.2 Å². The van der Waals surface area contributed by atoms with Crippen molar-refractivity contribution in [2.24, 2.45) is 0 Å². The van der Waals surface area contributed by atoms with E-state index < -0.39 is 0 Å². The highest BCUT2D eigenvalue weighted by Crippen LogP contribution is 2.18. The Labute approximate surface area is 116 Å². The molecule has 0 saturated heterocycles. The van der Waals surface area contributed by atoms with Crippen molar-refractivity contribution in [2.45, 2.75) is 13.3 Å². The summed E-state index contributed by atoms with van der Waals surface area (Å²) < 4.78 is 5.36. The zero-order valence-electron chi connectivity index (χ0n) is 11.1. The molecule has 1 aromatic carbocycles. The van der Waals surface area contributed by atoms with E-state index in [0.717, 1.165) is 16.9 Å². The molecule has 0 fully saturated rings. The highest BCUT2D eigenvalue weighted by molar-refractivity contribution is 5.71. The van der Waals surface area contributed by atoms with Gasteiger partial charge in [0.25, 0.3) is 0 Å². The third-order valence-electron chi connectivity index (χ3n) is 2.94. The van der Waals surface area contributed by atoms with Crippen molar-refractivity contribution in [2.75, 3.05) is 6.61 Å². The Bertz CT molecular complexity index is 737. The Balaban J connectivity index is 1.89. The van der Waals surface area contributed by atoms with Gasteiger partial charge in [-0.2, -0.15) is 4.98 Å². The van der Waals surface area contributed by atoms with Crippen LogP contribution in [0.15, 0.2) is 36.4 Å². The summed E-state index contributed by atoms with van der Waals surface area (Å²) in [5.41, 5.74) is 2.52. The second-order valence-corrected chi connectivity index (χ2v) is 4.48. The number of pyridine rings is 1. The lowest BCUT2D eigenvalue weighted by atomic mass is 10.1. The molecule has 0 unspecified atom stereocenters. The van der Waals surface area contributed by atoms with Gasteiger partial charge in [0.15, 0.2) is 5.65 Å². The molecule has 5 heteroatoms. The van der Waals surface area contributed by atoms with E-state index in [2.05, 4.69) is 15.0 Å². The number of aromatic amines is 1. The first-order valence-corrected chi connectivity index (χ1v) is 6.51. The van der Waals surface area contributed by atoms with E-state index in [0.29, 0.717) is 24.6 Å². The molecule has 0 atom stereocenters. The van der Waals surface area contributed by atoms with Gasteiger partial charge < -0.3 is 14.8 Å². The summed E-state index contributed by atoms with van der Waals surface area (Å²) >= 11 is 0. The van der Waals surface area contributed by atoms with E-state index >= 15 is 0 Å². The van der Waals surface area contributed by atoms with Crippen LogP contribution in [0.1, 0.15) is 18.3 Å². The van der Waals surface area contributed by atoms with Gasteiger partial charge in [-0.25, -0.2) is 4.98 Å². The zero-order chi connectivity index (χ0) is 13.9. The summed E-state index contributed by atoms with van der Waals surface area (Å²) in [5, 5.41) is 9.47. The molecule has 0 amide bonds. The largest absolute Gasteiger partial charge is 0.508 e. The van der Waals surface area contributed by atoms with Crippen LogP contribution in [0, 0.1) is 0 Å². The molecule has 20 heavy (non-hydrogen) atoms. The third kappa shape index (κ3) is 2.56. The number of imidazole rings is 1. The first kappa shape index (κ1) is 12.5. The zero-order valence-corrected chi connectivity index (χ0v) is 11.1. The maximum absolute atomic E-state index is 9.47. The number of hydrogen-bond donors (Lipinski definition) is 2. The number of rotatable bonds is 4.